The Kier molecular flexibility index (Phi) is 3.52. The Morgan fingerprint density at radius 3 is 2.94 bits per heavy atom. The topological polar surface area (TPSA) is 30.5 Å². The summed E-state index contributed by atoms with van der Waals surface area (Å²) in [6, 6.07) is 9.28. The summed E-state index contributed by atoms with van der Waals surface area (Å²) in [6.07, 6.45) is 2.23. The average molecular weight is 247 g/mol. The van der Waals surface area contributed by atoms with Crippen LogP contribution in [-0.2, 0) is 4.74 Å². The second-order valence-electron chi connectivity index (χ2n) is 5.31. The van der Waals surface area contributed by atoms with Crippen LogP contribution in [0.5, 0.6) is 5.75 Å². The molecule has 0 spiro atoms. The van der Waals surface area contributed by atoms with Gasteiger partial charge in [-0.05, 0) is 25.3 Å². The highest BCUT2D eigenvalue weighted by Crippen LogP contribution is 2.32. The molecule has 2 heterocycles. The zero-order valence-corrected chi connectivity index (χ0v) is 10.9. The van der Waals surface area contributed by atoms with Gasteiger partial charge in [-0.25, -0.2) is 0 Å². The number of rotatable bonds is 3. The van der Waals surface area contributed by atoms with Crippen molar-refractivity contribution in [1.29, 1.82) is 0 Å². The summed E-state index contributed by atoms with van der Waals surface area (Å²) >= 11 is 0. The maximum Gasteiger partial charge on any atom is 0.124 e. The van der Waals surface area contributed by atoms with Gasteiger partial charge >= 0.3 is 0 Å². The van der Waals surface area contributed by atoms with Crippen molar-refractivity contribution in [2.45, 2.75) is 31.8 Å². The maximum absolute atomic E-state index is 5.70. The van der Waals surface area contributed by atoms with Gasteiger partial charge in [0.2, 0.25) is 0 Å². The summed E-state index contributed by atoms with van der Waals surface area (Å²) < 4.78 is 11.2. The minimum atomic E-state index is 0.422. The molecule has 3 unspecified atom stereocenters. The van der Waals surface area contributed by atoms with Gasteiger partial charge in [0, 0.05) is 30.7 Å². The molecule has 98 valence electrons. The standard InChI is InChI=1S/C15H21NO2/c1-11(12-6-8-17-10-12)16-14-7-9-18-15-5-3-2-4-13(14)15/h2-5,11-12,14,16H,6-10H2,1H3. The molecule has 1 aromatic carbocycles. The molecule has 1 fully saturated rings. The molecule has 0 radical (unpaired) electrons. The lowest BCUT2D eigenvalue weighted by molar-refractivity contribution is 0.173. The first kappa shape index (κ1) is 12.0. The largest absolute Gasteiger partial charge is 0.493 e. The predicted octanol–water partition coefficient (Wildman–Crippen LogP) is 2.52. The fourth-order valence-corrected chi connectivity index (χ4v) is 2.92. The molecule has 3 rings (SSSR count). The number of hydrogen-bond acceptors (Lipinski definition) is 3. The molecule has 2 aliphatic heterocycles. The Bertz CT molecular complexity index is 401. The van der Waals surface area contributed by atoms with Crippen LogP contribution in [0, 0.1) is 5.92 Å². The lowest BCUT2D eigenvalue weighted by Gasteiger charge is -2.31. The van der Waals surface area contributed by atoms with Crippen molar-refractivity contribution in [2.75, 3.05) is 19.8 Å². The summed E-state index contributed by atoms with van der Waals surface area (Å²) in [6.45, 7) is 4.90. The first-order valence-electron chi connectivity index (χ1n) is 6.90. The van der Waals surface area contributed by atoms with E-state index >= 15 is 0 Å². The van der Waals surface area contributed by atoms with Crippen molar-refractivity contribution in [3.63, 3.8) is 0 Å². The molecule has 1 N–H and O–H groups in total. The summed E-state index contributed by atoms with van der Waals surface area (Å²) in [5, 5.41) is 3.76. The molecule has 2 aliphatic rings. The molecule has 0 amide bonds. The molecule has 3 nitrogen and oxygen atoms in total. The molecular formula is C15H21NO2. The predicted molar refractivity (Wildman–Crippen MR) is 70.8 cm³/mol. The third-order valence-corrected chi connectivity index (χ3v) is 4.09. The van der Waals surface area contributed by atoms with E-state index in [4.69, 9.17) is 9.47 Å². The second-order valence-corrected chi connectivity index (χ2v) is 5.31. The van der Waals surface area contributed by atoms with E-state index in [0.29, 0.717) is 18.0 Å². The number of ether oxygens (including phenoxy) is 2. The van der Waals surface area contributed by atoms with Crippen LogP contribution in [0.3, 0.4) is 0 Å². The van der Waals surface area contributed by atoms with Crippen LogP contribution in [0.4, 0.5) is 0 Å². The normalized spacial score (nSPS) is 28.5. The summed E-state index contributed by atoms with van der Waals surface area (Å²) in [7, 11) is 0. The van der Waals surface area contributed by atoms with E-state index in [-0.39, 0.29) is 0 Å². The van der Waals surface area contributed by atoms with E-state index in [0.717, 1.165) is 32.0 Å². The van der Waals surface area contributed by atoms with Crippen LogP contribution < -0.4 is 10.1 Å². The molecule has 18 heavy (non-hydrogen) atoms. The summed E-state index contributed by atoms with van der Waals surface area (Å²) in [4.78, 5) is 0. The van der Waals surface area contributed by atoms with Gasteiger partial charge in [0.05, 0.1) is 13.2 Å². The minimum Gasteiger partial charge on any atom is -0.493 e. The van der Waals surface area contributed by atoms with Crippen molar-refractivity contribution in [2.24, 2.45) is 5.92 Å². The van der Waals surface area contributed by atoms with Crippen LogP contribution in [0.15, 0.2) is 24.3 Å². The summed E-state index contributed by atoms with van der Waals surface area (Å²) in [5.74, 6) is 1.69. The lowest BCUT2D eigenvalue weighted by atomic mass is 9.95. The zero-order chi connectivity index (χ0) is 12.4. The van der Waals surface area contributed by atoms with Crippen molar-refractivity contribution in [1.82, 2.24) is 5.32 Å². The molecule has 1 aromatic rings. The molecule has 1 saturated heterocycles. The monoisotopic (exact) mass is 247 g/mol. The number of fused-ring (bicyclic) bond motifs is 1. The minimum absolute atomic E-state index is 0.422. The molecule has 0 aliphatic carbocycles. The van der Waals surface area contributed by atoms with Gasteiger partial charge in [0.1, 0.15) is 5.75 Å². The molecule has 0 bridgehead atoms. The van der Waals surface area contributed by atoms with E-state index in [1.54, 1.807) is 0 Å². The number of para-hydroxylation sites is 1. The van der Waals surface area contributed by atoms with Gasteiger partial charge in [0.15, 0.2) is 0 Å². The van der Waals surface area contributed by atoms with E-state index in [1.165, 1.54) is 12.0 Å². The Balaban J connectivity index is 1.70. The van der Waals surface area contributed by atoms with Gasteiger partial charge in [-0.1, -0.05) is 18.2 Å². The molecule has 3 atom stereocenters. The lowest BCUT2D eigenvalue weighted by Crippen LogP contribution is -2.38. The fourth-order valence-electron chi connectivity index (χ4n) is 2.92. The SMILES string of the molecule is CC(NC1CCOc2ccccc21)C1CCOC1. The number of hydrogen-bond donors (Lipinski definition) is 1. The highest BCUT2D eigenvalue weighted by molar-refractivity contribution is 5.37. The van der Waals surface area contributed by atoms with Crippen molar-refractivity contribution in [3.8, 4) is 5.75 Å². The number of nitrogens with one attached hydrogen (secondary N) is 1. The van der Waals surface area contributed by atoms with E-state index in [9.17, 15) is 0 Å². The smallest absolute Gasteiger partial charge is 0.124 e. The van der Waals surface area contributed by atoms with Crippen molar-refractivity contribution < 1.29 is 9.47 Å². The fraction of sp³-hybridized carbons (Fsp3) is 0.600. The highest BCUT2D eigenvalue weighted by atomic mass is 16.5. The van der Waals surface area contributed by atoms with Crippen LogP contribution in [0.1, 0.15) is 31.4 Å². The van der Waals surface area contributed by atoms with E-state index < -0.39 is 0 Å². The molecular weight excluding hydrogens is 226 g/mol. The summed E-state index contributed by atoms with van der Waals surface area (Å²) in [5.41, 5.74) is 1.30. The van der Waals surface area contributed by atoms with Crippen LogP contribution in [0.25, 0.3) is 0 Å². The Hall–Kier alpha value is -1.06. The quantitative estimate of drug-likeness (QED) is 0.890. The van der Waals surface area contributed by atoms with Gasteiger partial charge < -0.3 is 14.8 Å². The molecule has 3 heteroatoms. The Labute approximate surface area is 108 Å². The first-order chi connectivity index (χ1) is 8.84. The van der Waals surface area contributed by atoms with Gasteiger partial charge in [-0.2, -0.15) is 0 Å². The highest BCUT2D eigenvalue weighted by Gasteiger charge is 2.27. The Morgan fingerprint density at radius 1 is 1.22 bits per heavy atom. The van der Waals surface area contributed by atoms with Crippen LogP contribution in [-0.4, -0.2) is 25.9 Å². The first-order valence-corrected chi connectivity index (χ1v) is 6.90. The third-order valence-electron chi connectivity index (χ3n) is 4.09. The molecule has 0 saturated carbocycles. The third kappa shape index (κ3) is 2.38. The van der Waals surface area contributed by atoms with Crippen LogP contribution in [0.2, 0.25) is 0 Å². The van der Waals surface area contributed by atoms with Crippen molar-refractivity contribution >= 4 is 0 Å². The van der Waals surface area contributed by atoms with E-state index in [2.05, 4.69) is 30.4 Å². The van der Waals surface area contributed by atoms with Crippen LogP contribution >= 0.6 is 0 Å². The van der Waals surface area contributed by atoms with Crippen molar-refractivity contribution in [3.05, 3.63) is 29.8 Å². The van der Waals surface area contributed by atoms with Gasteiger partial charge in [-0.3, -0.25) is 0 Å². The second kappa shape index (κ2) is 5.29. The Morgan fingerprint density at radius 2 is 2.11 bits per heavy atom. The van der Waals surface area contributed by atoms with Gasteiger partial charge in [0.25, 0.3) is 0 Å². The number of benzene rings is 1. The average Bonchev–Trinajstić information content (AvgIpc) is 2.93. The molecule has 0 aromatic heterocycles. The zero-order valence-electron chi connectivity index (χ0n) is 10.9. The van der Waals surface area contributed by atoms with Gasteiger partial charge in [-0.15, -0.1) is 0 Å². The maximum atomic E-state index is 5.70. The van der Waals surface area contributed by atoms with E-state index in [1.807, 2.05) is 6.07 Å².